The van der Waals surface area contributed by atoms with E-state index in [9.17, 15) is 9.18 Å². The molecule has 0 radical (unpaired) electrons. The van der Waals surface area contributed by atoms with Gasteiger partial charge in [0.1, 0.15) is 0 Å². The molecular formula is C8H8BFO4. The third-order valence-corrected chi connectivity index (χ3v) is 1.63. The molecule has 0 spiro atoms. The van der Waals surface area contributed by atoms with Gasteiger partial charge in [-0.3, -0.25) is 0 Å². The Hall–Kier alpha value is -1.40. The number of benzene rings is 1. The maximum Gasteiger partial charge on any atom is 0.488 e. The summed E-state index contributed by atoms with van der Waals surface area (Å²) in [6.45, 7) is -1.18. The van der Waals surface area contributed by atoms with E-state index in [1.165, 1.54) is 24.3 Å². The van der Waals surface area contributed by atoms with Crippen LogP contribution in [0.15, 0.2) is 24.3 Å². The minimum absolute atomic E-state index is 0.159. The molecule has 1 aromatic rings. The van der Waals surface area contributed by atoms with Crippen LogP contribution in [0.1, 0.15) is 10.4 Å². The van der Waals surface area contributed by atoms with Gasteiger partial charge < -0.3 is 14.8 Å². The van der Waals surface area contributed by atoms with Crippen LogP contribution in [0.5, 0.6) is 0 Å². The number of alkyl halides is 1. The molecular weight excluding hydrogens is 190 g/mol. The molecule has 4 nitrogen and oxygen atoms in total. The summed E-state index contributed by atoms with van der Waals surface area (Å²) in [6.07, 6.45) is 0. The van der Waals surface area contributed by atoms with Gasteiger partial charge in [-0.2, -0.15) is 0 Å². The fourth-order valence-electron chi connectivity index (χ4n) is 0.924. The molecule has 0 aliphatic heterocycles. The first-order valence-electron chi connectivity index (χ1n) is 3.84. The molecule has 0 saturated heterocycles. The fourth-order valence-corrected chi connectivity index (χ4v) is 0.924. The molecule has 1 aromatic carbocycles. The van der Waals surface area contributed by atoms with Gasteiger partial charge in [0.25, 0.3) is 0 Å². The van der Waals surface area contributed by atoms with E-state index in [1.807, 2.05) is 0 Å². The topological polar surface area (TPSA) is 66.8 Å². The molecule has 0 heterocycles. The third kappa shape index (κ3) is 2.55. The molecule has 2 N–H and O–H groups in total. The van der Waals surface area contributed by atoms with Crippen LogP contribution in [0, 0.1) is 0 Å². The van der Waals surface area contributed by atoms with Gasteiger partial charge >= 0.3 is 13.1 Å². The first-order chi connectivity index (χ1) is 6.65. The largest absolute Gasteiger partial charge is 0.488 e. The molecule has 6 heteroatoms. The summed E-state index contributed by atoms with van der Waals surface area (Å²) in [6, 6.07) is 5.35. The molecule has 0 amide bonds. The molecule has 0 saturated carbocycles. The lowest BCUT2D eigenvalue weighted by Gasteiger charge is -2.01. The molecule has 0 aliphatic rings. The average Bonchev–Trinajstić information content (AvgIpc) is 2.18. The number of carbonyl (C=O) groups excluding carboxylic acids is 1. The van der Waals surface area contributed by atoms with Crippen molar-refractivity contribution in [1.29, 1.82) is 0 Å². The second kappa shape index (κ2) is 4.73. The summed E-state index contributed by atoms with van der Waals surface area (Å²) in [5.41, 5.74) is 0.411. The molecule has 0 bridgehead atoms. The van der Waals surface area contributed by atoms with Crippen molar-refractivity contribution in [2.45, 2.75) is 0 Å². The van der Waals surface area contributed by atoms with Gasteiger partial charge in [-0.1, -0.05) is 12.1 Å². The second-order valence-corrected chi connectivity index (χ2v) is 2.54. The number of hydrogen-bond donors (Lipinski definition) is 2. The smallest absolute Gasteiger partial charge is 0.430 e. The summed E-state index contributed by atoms with van der Waals surface area (Å²) in [7, 11) is -1.58. The van der Waals surface area contributed by atoms with Gasteiger partial charge in [0, 0.05) is 0 Å². The van der Waals surface area contributed by atoms with Gasteiger partial charge in [-0.05, 0) is 17.6 Å². The molecule has 1 rings (SSSR count). The highest BCUT2D eigenvalue weighted by Gasteiger charge is 2.12. The van der Waals surface area contributed by atoms with Crippen molar-refractivity contribution >= 4 is 18.6 Å². The summed E-state index contributed by atoms with van der Waals surface area (Å²) >= 11 is 0. The molecule has 0 aromatic heterocycles. The number of halogens is 1. The first-order valence-corrected chi connectivity index (χ1v) is 3.84. The van der Waals surface area contributed by atoms with Gasteiger partial charge in [0.05, 0.1) is 5.56 Å². The Morgan fingerprint density at radius 1 is 1.36 bits per heavy atom. The number of carbonyl (C=O) groups is 1. The maximum absolute atomic E-state index is 11.6. The van der Waals surface area contributed by atoms with Crippen molar-refractivity contribution < 1.29 is 24.0 Å². The highest BCUT2D eigenvalue weighted by atomic mass is 19.1. The quantitative estimate of drug-likeness (QED) is 0.505. The summed E-state index contributed by atoms with van der Waals surface area (Å²) in [4.78, 5) is 10.9. The highest BCUT2D eigenvalue weighted by molar-refractivity contribution is 6.58. The zero-order valence-electron chi connectivity index (χ0n) is 7.18. The molecule has 0 fully saturated rings. The van der Waals surface area contributed by atoms with Crippen molar-refractivity contribution in [2.75, 3.05) is 6.86 Å². The van der Waals surface area contributed by atoms with E-state index < -0.39 is 19.9 Å². The Balaban J connectivity index is 2.78. The Morgan fingerprint density at radius 3 is 2.36 bits per heavy atom. The fraction of sp³-hybridized carbons (Fsp3) is 0.125. The van der Waals surface area contributed by atoms with E-state index in [4.69, 9.17) is 10.0 Å². The maximum atomic E-state index is 11.6. The molecule has 0 atom stereocenters. The number of ether oxygens (including phenoxy) is 1. The van der Waals surface area contributed by atoms with E-state index in [0.717, 1.165) is 0 Å². The van der Waals surface area contributed by atoms with Crippen LogP contribution in [0.3, 0.4) is 0 Å². The van der Waals surface area contributed by atoms with Crippen LogP contribution >= 0.6 is 0 Å². The molecule has 0 aliphatic carbocycles. The molecule has 14 heavy (non-hydrogen) atoms. The minimum atomic E-state index is -1.58. The van der Waals surface area contributed by atoms with Crippen molar-refractivity contribution in [3.05, 3.63) is 29.8 Å². The average molecular weight is 198 g/mol. The van der Waals surface area contributed by atoms with E-state index in [2.05, 4.69) is 4.74 Å². The third-order valence-electron chi connectivity index (χ3n) is 1.63. The van der Waals surface area contributed by atoms with Crippen LogP contribution in [-0.2, 0) is 4.74 Å². The number of hydrogen-bond acceptors (Lipinski definition) is 4. The van der Waals surface area contributed by atoms with Crippen LogP contribution < -0.4 is 5.46 Å². The zero-order valence-corrected chi connectivity index (χ0v) is 7.18. The SMILES string of the molecule is O=C(OCF)c1ccc(B(O)O)cc1. The van der Waals surface area contributed by atoms with Crippen LogP contribution in [0.2, 0.25) is 0 Å². The Bertz CT molecular complexity index is 312. The molecule has 74 valence electrons. The first kappa shape index (κ1) is 10.7. The standard InChI is InChI=1S/C8H8BFO4/c10-5-14-8(11)6-1-3-7(4-2-6)9(12)13/h1-4,12-13H,5H2. The predicted molar refractivity (Wildman–Crippen MR) is 47.7 cm³/mol. The van der Waals surface area contributed by atoms with Crippen LogP contribution in [-0.4, -0.2) is 30.0 Å². The van der Waals surface area contributed by atoms with Crippen LogP contribution in [0.4, 0.5) is 4.39 Å². The monoisotopic (exact) mass is 198 g/mol. The summed E-state index contributed by atoms with van der Waals surface area (Å²) in [5, 5.41) is 17.5. The number of esters is 1. The number of rotatable bonds is 3. The minimum Gasteiger partial charge on any atom is -0.430 e. The zero-order chi connectivity index (χ0) is 10.6. The molecule has 0 unspecified atom stereocenters. The van der Waals surface area contributed by atoms with E-state index in [1.54, 1.807) is 0 Å². The van der Waals surface area contributed by atoms with E-state index in [0.29, 0.717) is 0 Å². The van der Waals surface area contributed by atoms with Crippen molar-refractivity contribution in [2.24, 2.45) is 0 Å². The Kier molecular flexibility index (Phi) is 3.61. The van der Waals surface area contributed by atoms with Gasteiger partial charge in [0.15, 0.2) is 0 Å². The lowest BCUT2D eigenvalue weighted by Crippen LogP contribution is -2.29. The van der Waals surface area contributed by atoms with Crippen molar-refractivity contribution in [1.82, 2.24) is 0 Å². The van der Waals surface area contributed by atoms with Crippen molar-refractivity contribution in [3.8, 4) is 0 Å². The van der Waals surface area contributed by atoms with Crippen molar-refractivity contribution in [3.63, 3.8) is 0 Å². The van der Waals surface area contributed by atoms with E-state index in [-0.39, 0.29) is 11.0 Å². The summed E-state index contributed by atoms with van der Waals surface area (Å²) < 4.78 is 15.7. The van der Waals surface area contributed by atoms with Gasteiger partial charge in [0.2, 0.25) is 6.86 Å². The van der Waals surface area contributed by atoms with E-state index >= 15 is 0 Å². The highest BCUT2D eigenvalue weighted by Crippen LogP contribution is 2.00. The van der Waals surface area contributed by atoms with Crippen LogP contribution in [0.25, 0.3) is 0 Å². The van der Waals surface area contributed by atoms with Gasteiger partial charge in [-0.15, -0.1) is 0 Å². The Morgan fingerprint density at radius 2 is 1.93 bits per heavy atom. The lowest BCUT2D eigenvalue weighted by atomic mass is 9.80. The second-order valence-electron chi connectivity index (χ2n) is 2.54. The summed E-state index contributed by atoms with van der Waals surface area (Å²) in [5.74, 6) is -0.786. The van der Waals surface area contributed by atoms with Gasteiger partial charge in [-0.25, -0.2) is 9.18 Å². The predicted octanol–water partition coefficient (Wildman–Crippen LogP) is -0.550. The normalized spacial score (nSPS) is 9.64. The lowest BCUT2D eigenvalue weighted by molar-refractivity contribution is 0.0324. The Labute approximate surface area is 80.1 Å².